The highest BCUT2D eigenvalue weighted by Gasteiger charge is 2.23. The van der Waals surface area contributed by atoms with Crippen LogP contribution in [0.5, 0.6) is 0 Å². The van der Waals surface area contributed by atoms with Crippen molar-refractivity contribution in [2.45, 2.75) is 45.2 Å². The normalized spacial score (nSPS) is 19.1. The van der Waals surface area contributed by atoms with Gasteiger partial charge in [-0.05, 0) is 61.4 Å². The molecule has 0 bridgehead atoms. The van der Waals surface area contributed by atoms with Crippen molar-refractivity contribution in [3.8, 4) is 0 Å². The molecule has 2 heteroatoms. The Morgan fingerprint density at radius 3 is 2.62 bits per heavy atom. The lowest BCUT2D eigenvalue weighted by molar-refractivity contribution is 0.412. The molecule has 0 heterocycles. The third-order valence-electron chi connectivity index (χ3n) is 4.59. The van der Waals surface area contributed by atoms with E-state index in [9.17, 15) is 0 Å². The number of aryl methyl sites for hydroxylation is 1. The maximum atomic E-state index is 3.80. The molecular formula is C19H22BrN. The van der Waals surface area contributed by atoms with E-state index >= 15 is 0 Å². The Morgan fingerprint density at radius 2 is 1.86 bits per heavy atom. The van der Waals surface area contributed by atoms with Crippen molar-refractivity contribution in [1.82, 2.24) is 5.32 Å². The summed E-state index contributed by atoms with van der Waals surface area (Å²) in [5.74, 6) is 0. The molecule has 1 aliphatic carbocycles. The van der Waals surface area contributed by atoms with E-state index in [1.165, 1.54) is 34.0 Å². The highest BCUT2D eigenvalue weighted by Crippen LogP contribution is 2.31. The lowest BCUT2D eigenvalue weighted by atomic mass is 9.85. The first-order chi connectivity index (χ1) is 10.1. The number of hydrogen-bond acceptors (Lipinski definition) is 1. The molecule has 0 aliphatic heterocycles. The molecule has 1 aliphatic rings. The predicted octanol–water partition coefficient (Wildman–Crippen LogP) is 4.97. The summed E-state index contributed by atoms with van der Waals surface area (Å²) < 4.78 is 1.27. The molecule has 2 atom stereocenters. The van der Waals surface area contributed by atoms with Crippen LogP contribution in [0.3, 0.4) is 0 Å². The Hall–Kier alpha value is -1.12. The maximum Gasteiger partial charge on any atom is 0.0294 e. The van der Waals surface area contributed by atoms with Gasteiger partial charge in [-0.25, -0.2) is 0 Å². The lowest BCUT2D eigenvalue weighted by Crippen LogP contribution is -2.36. The van der Waals surface area contributed by atoms with Crippen molar-refractivity contribution in [3.63, 3.8) is 0 Å². The zero-order chi connectivity index (χ0) is 14.8. The predicted molar refractivity (Wildman–Crippen MR) is 92.7 cm³/mol. The summed E-state index contributed by atoms with van der Waals surface area (Å²) in [7, 11) is 0. The molecule has 110 valence electrons. The monoisotopic (exact) mass is 343 g/mol. The molecular weight excluding hydrogens is 322 g/mol. The van der Waals surface area contributed by atoms with Crippen molar-refractivity contribution in [3.05, 3.63) is 69.2 Å². The first kappa shape index (κ1) is 14.8. The number of fused-ring (bicyclic) bond motifs is 1. The standard InChI is InChI=1S/C19H22BrN/c1-13-8-11-19(20)18-12-16(9-10-17(13)18)21-14(2)15-6-4-3-5-7-15/h3-8,11,14,16,21H,9-10,12H2,1-2H3/t14-,16-/m0/s1. The van der Waals surface area contributed by atoms with E-state index in [0.717, 1.165) is 6.42 Å². The van der Waals surface area contributed by atoms with E-state index in [1.54, 1.807) is 5.56 Å². The summed E-state index contributed by atoms with van der Waals surface area (Å²) in [6.07, 6.45) is 3.52. The van der Waals surface area contributed by atoms with Gasteiger partial charge < -0.3 is 5.32 Å². The van der Waals surface area contributed by atoms with Crippen molar-refractivity contribution in [1.29, 1.82) is 0 Å². The topological polar surface area (TPSA) is 12.0 Å². The molecule has 3 rings (SSSR count). The van der Waals surface area contributed by atoms with Crippen LogP contribution in [-0.4, -0.2) is 6.04 Å². The average molecular weight is 344 g/mol. The van der Waals surface area contributed by atoms with Gasteiger partial charge >= 0.3 is 0 Å². The summed E-state index contributed by atoms with van der Waals surface area (Å²) in [6, 6.07) is 16.1. The van der Waals surface area contributed by atoms with Crippen LogP contribution in [0.15, 0.2) is 46.9 Å². The van der Waals surface area contributed by atoms with Crippen LogP contribution in [0.4, 0.5) is 0 Å². The van der Waals surface area contributed by atoms with Crippen LogP contribution >= 0.6 is 15.9 Å². The summed E-state index contributed by atoms with van der Waals surface area (Å²) in [4.78, 5) is 0. The minimum atomic E-state index is 0.404. The van der Waals surface area contributed by atoms with E-state index in [2.05, 4.69) is 77.6 Å². The van der Waals surface area contributed by atoms with E-state index in [4.69, 9.17) is 0 Å². The zero-order valence-electron chi connectivity index (χ0n) is 12.7. The summed E-state index contributed by atoms with van der Waals surface area (Å²) in [5, 5.41) is 3.80. The number of hydrogen-bond donors (Lipinski definition) is 1. The third-order valence-corrected chi connectivity index (χ3v) is 5.33. The van der Waals surface area contributed by atoms with Gasteiger partial charge in [-0.3, -0.25) is 0 Å². The number of rotatable bonds is 3. The molecule has 1 N–H and O–H groups in total. The highest BCUT2D eigenvalue weighted by molar-refractivity contribution is 9.10. The van der Waals surface area contributed by atoms with E-state index < -0.39 is 0 Å². The second-order valence-corrected chi connectivity index (χ2v) is 6.91. The Kier molecular flexibility index (Phi) is 4.46. The van der Waals surface area contributed by atoms with Gasteiger partial charge in [0.2, 0.25) is 0 Å². The molecule has 0 amide bonds. The first-order valence-corrected chi connectivity index (χ1v) is 8.52. The zero-order valence-corrected chi connectivity index (χ0v) is 14.3. The second kappa shape index (κ2) is 6.33. The highest BCUT2D eigenvalue weighted by atomic mass is 79.9. The average Bonchev–Trinajstić information content (AvgIpc) is 2.52. The van der Waals surface area contributed by atoms with Gasteiger partial charge in [0.25, 0.3) is 0 Å². The van der Waals surface area contributed by atoms with Crippen LogP contribution in [0, 0.1) is 6.92 Å². The lowest BCUT2D eigenvalue weighted by Gasteiger charge is -2.30. The van der Waals surface area contributed by atoms with Crippen LogP contribution in [-0.2, 0) is 12.8 Å². The van der Waals surface area contributed by atoms with Gasteiger partial charge in [-0.15, -0.1) is 0 Å². The molecule has 0 radical (unpaired) electrons. The van der Waals surface area contributed by atoms with Gasteiger partial charge in [0.1, 0.15) is 0 Å². The third kappa shape index (κ3) is 3.22. The fourth-order valence-corrected chi connectivity index (χ4v) is 3.88. The van der Waals surface area contributed by atoms with E-state index in [1.807, 2.05) is 0 Å². The van der Waals surface area contributed by atoms with Crippen LogP contribution in [0.25, 0.3) is 0 Å². The summed E-state index contributed by atoms with van der Waals surface area (Å²) >= 11 is 3.73. The summed E-state index contributed by atoms with van der Waals surface area (Å²) in [5.41, 5.74) is 5.85. The van der Waals surface area contributed by atoms with Crippen molar-refractivity contribution >= 4 is 15.9 Å². The van der Waals surface area contributed by atoms with Crippen LogP contribution in [0.2, 0.25) is 0 Å². The maximum absolute atomic E-state index is 3.80. The minimum Gasteiger partial charge on any atom is -0.307 e. The Labute approximate surface area is 135 Å². The fraction of sp³-hybridized carbons (Fsp3) is 0.368. The van der Waals surface area contributed by atoms with Crippen LogP contribution < -0.4 is 5.32 Å². The van der Waals surface area contributed by atoms with Crippen molar-refractivity contribution in [2.75, 3.05) is 0 Å². The van der Waals surface area contributed by atoms with E-state index in [-0.39, 0.29) is 0 Å². The summed E-state index contributed by atoms with van der Waals surface area (Å²) in [6.45, 7) is 4.49. The van der Waals surface area contributed by atoms with Gasteiger partial charge in [0.05, 0.1) is 0 Å². The largest absolute Gasteiger partial charge is 0.307 e. The fourth-order valence-electron chi connectivity index (χ4n) is 3.35. The quantitative estimate of drug-likeness (QED) is 0.829. The second-order valence-electron chi connectivity index (χ2n) is 6.06. The van der Waals surface area contributed by atoms with Gasteiger partial charge in [0.15, 0.2) is 0 Å². The SMILES string of the molecule is Cc1ccc(Br)c2c1CC[C@H](N[C@@H](C)c1ccccc1)C2. The number of nitrogens with one attached hydrogen (secondary N) is 1. The molecule has 2 aromatic rings. The van der Waals surface area contributed by atoms with E-state index in [0.29, 0.717) is 12.1 Å². The minimum absolute atomic E-state index is 0.404. The molecule has 0 fully saturated rings. The Morgan fingerprint density at radius 1 is 1.10 bits per heavy atom. The Balaban J connectivity index is 1.74. The first-order valence-electron chi connectivity index (χ1n) is 7.73. The number of halogens is 1. The molecule has 0 spiro atoms. The van der Waals surface area contributed by atoms with Gasteiger partial charge in [-0.2, -0.15) is 0 Å². The molecule has 2 aromatic carbocycles. The molecule has 0 saturated heterocycles. The number of benzene rings is 2. The van der Waals surface area contributed by atoms with Gasteiger partial charge in [-0.1, -0.05) is 52.3 Å². The van der Waals surface area contributed by atoms with Crippen molar-refractivity contribution < 1.29 is 0 Å². The van der Waals surface area contributed by atoms with Crippen molar-refractivity contribution in [2.24, 2.45) is 0 Å². The molecule has 0 saturated carbocycles. The molecule has 0 aromatic heterocycles. The van der Waals surface area contributed by atoms with Crippen LogP contribution in [0.1, 0.15) is 41.6 Å². The molecule has 0 unspecified atom stereocenters. The Bertz CT molecular complexity index is 621. The van der Waals surface area contributed by atoms with Gasteiger partial charge in [0, 0.05) is 16.6 Å². The molecule has 21 heavy (non-hydrogen) atoms. The molecule has 1 nitrogen and oxygen atoms in total. The smallest absolute Gasteiger partial charge is 0.0294 e.